The van der Waals surface area contributed by atoms with Gasteiger partial charge in [-0.2, -0.15) is 0 Å². The number of rotatable bonds is 13. The van der Waals surface area contributed by atoms with Gasteiger partial charge in [-0.3, -0.25) is 19.6 Å². The molecule has 1 aromatic rings. The molecule has 2 N–H and O–H groups in total. The van der Waals surface area contributed by atoms with Gasteiger partial charge in [0.15, 0.2) is 0 Å². The summed E-state index contributed by atoms with van der Waals surface area (Å²) >= 11 is 0. The van der Waals surface area contributed by atoms with Crippen LogP contribution in [0.15, 0.2) is 29.4 Å². The van der Waals surface area contributed by atoms with Crippen molar-refractivity contribution < 1.29 is 19.1 Å². The van der Waals surface area contributed by atoms with Crippen LogP contribution in [-0.4, -0.2) is 54.2 Å². The highest BCUT2D eigenvalue weighted by atomic mass is 16.5. The highest BCUT2D eigenvalue weighted by molar-refractivity contribution is 5.93. The molecule has 0 aliphatic carbocycles. The van der Waals surface area contributed by atoms with E-state index < -0.39 is 30.0 Å². The van der Waals surface area contributed by atoms with Crippen LogP contribution in [0, 0.1) is 17.8 Å². The van der Waals surface area contributed by atoms with Crippen LogP contribution in [0.5, 0.6) is 0 Å². The molecule has 0 aromatic carbocycles. The molecule has 3 atom stereocenters. The lowest BCUT2D eigenvalue weighted by Crippen LogP contribution is -2.54. The zero-order valence-corrected chi connectivity index (χ0v) is 21.0. The summed E-state index contributed by atoms with van der Waals surface area (Å²) in [6, 6.07) is 3.28. The highest BCUT2D eigenvalue weighted by Gasteiger charge is 2.30. The first-order valence-electron chi connectivity index (χ1n) is 11.7. The summed E-state index contributed by atoms with van der Waals surface area (Å²) in [6.07, 6.45) is 4.66. The minimum Gasteiger partial charge on any atom is -0.467 e. The number of methoxy groups -OCH3 is 1. The van der Waals surface area contributed by atoms with Crippen LogP contribution < -0.4 is 10.6 Å². The molecular weight excluding hydrogens is 420 g/mol. The van der Waals surface area contributed by atoms with Crippen LogP contribution in [0.4, 0.5) is 0 Å². The van der Waals surface area contributed by atoms with Gasteiger partial charge in [0.25, 0.3) is 0 Å². The van der Waals surface area contributed by atoms with E-state index in [4.69, 9.17) is 4.74 Å². The Balaban J connectivity index is 3.02. The molecule has 8 heteroatoms. The average Bonchev–Trinajstić information content (AvgIpc) is 2.74. The molecule has 0 aliphatic heterocycles. The van der Waals surface area contributed by atoms with Gasteiger partial charge in [-0.1, -0.05) is 47.6 Å². The van der Waals surface area contributed by atoms with Gasteiger partial charge in [-0.05, 0) is 49.1 Å². The Morgan fingerprint density at radius 3 is 2.00 bits per heavy atom. The average molecular weight is 461 g/mol. The number of hydrogen-bond donors (Lipinski definition) is 2. The SMILES string of the molecule is COC(=O)C(CC(C)C)NC(=O)C(CC(C)C)NC(=O)C(CC(C)C)N=Cc1ccccn1. The van der Waals surface area contributed by atoms with Crippen LogP contribution in [0.25, 0.3) is 0 Å². The number of aromatic nitrogens is 1. The topological polar surface area (TPSA) is 110 Å². The van der Waals surface area contributed by atoms with Gasteiger partial charge < -0.3 is 15.4 Å². The van der Waals surface area contributed by atoms with E-state index in [-0.39, 0.29) is 23.7 Å². The van der Waals surface area contributed by atoms with Crippen LogP contribution in [0.1, 0.15) is 66.5 Å². The maximum absolute atomic E-state index is 13.1. The van der Waals surface area contributed by atoms with Crippen LogP contribution in [-0.2, 0) is 19.1 Å². The second kappa shape index (κ2) is 14.4. The van der Waals surface area contributed by atoms with Crippen molar-refractivity contribution in [2.45, 2.75) is 78.9 Å². The van der Waals surface area contributed by atoms with Crippen molar-refractivity contribution in [3.8, 4) is 0 Å². The van der Waals surface area contributed by atoms with E-state index in [0.29, 0.717) is 25.0 Å². The second-order valence-corrected chi connectivity index (χ2v) is 9.58. The van der Waals surface area contributed by atoms with E-state index >= 15 is 0 Å². The first-order valence-corrected chi connectivity index (χ1v) is 11.7. The Morgan fingerprint density at radius 2 is 1.48 bits per heavy atom. The molecule has 0 aliphatic rings. The molecule has 1 rings (SSSR count). The lowest BCUT2D eigenvalue weighted by molar-refractivity contribution is -0.146. The maximum Gasteiger partial charge on any atom is 0.328 e. The quantitative estimate of drug-likeness (QED) is 0.347. The van der Waals surface area contributed by atoms with Crippen molar-refractivity contribution in [2.24, 2.45) is 22.7 Å². The molecule has 8 nitrogen and oxygen atoms in total. The lowest BCUT2D eigenvalue weighted by atomic mass is 9.99. The van der Waals surface area contributed by atoms with Crippen molar-refractivity contribution in [3.05, 3.63) is 30.1 Å². The number of carbonyl (C=O) groups is 3. The van der Waals surface area contributed by atoms with Gasteiger partial charge in [0, 0.05) is 12.4 Å². The smallest absolute Gasteiger partial charge is 0.328 e. The standard InChI is InChI=1S/C25H40N4O4/c1-16(2)12-20(27-15-19-10-8-9-11-26-19)23(30)28-21(13-17(3)4)24(31)29-22(14-18(5)6)25(32)33-7/h8-11,15-18,20-22H,12-14H2,1-7H3,(H,28,30)(H,29,31). The fourth-order valence-electron chi connectivity index (χ4n) is 3.37. The Hall–Kier alpha value is -2.77. The van der Waals surface area contributed by atoms with Crippen molar-refractivity contribution in [1.82, 2.24) is 15.6 Å². The molecule has 0 saturated heterocycles. The molecule has 33 heavy (non-hydrogen) atoms. The minimum atomic E-state index is -0.781. The molecule has 184 valence electrons. The zero-order chi connectivity index (χ0) is 25.0. The van der Waals surface area contributed by atoms with Gasteiger partial charge in [0.2, 0.25) is 11.8 Å². The monoisotopic (exact) mass is 460 g/mol. The molecular formula is C25H40N4O4. The van der Waals surface area contributed by atoms with Crippen molar-refractivity contribution in [2.75, 3.05) is 7.11 Å². The summed E-state index contributed by atoms with van der Waals surface area (Å²) in [4.78, 5) is 47.0. The largest absolute Gasteiger partial charge is 0.467 e. The van der Waals surface area contributed by atoms with Crippen LogP contribution >= 0.6 is 0 Å². The molecule has 1 heterocycles. The minimum absolute atomic E-state index is 0.156. The Kier molecular flexibility index (Phi) is 12.3. The Bertz CT molecular complexity index is 778. The third-order valence-corrected chi connectivity index (χ3v) is 4.92. The summed E-state index contributed by atoms with van der Waals surface area (Å²) in [6.45, 7) is 11.9. The number of hydrogen-bond acceptors (Lipinski definition) is 6. The van der Waals surface area contributed by atoms with Gasteiger partial charge >= 0.3 is 5.97 Å². The van der Waals surface area contributed by atoms with Crippen molar-refractivity contribution in [3.63, 3.8) is 0 Å². The number of aliphatic imine (C=N–C) groups is 1. The molecule has 2 amide bonds. The lowest BCUT2D eigenvalue weighted by Gasteiger charge is -2.25. The number of esters is 1. The number of nitrogens with zero attached hydrogens (tertiary/aromatic N) is 2. The molecule has 0 radical (unpaired) electrons. The fraction of sp³-hybridized carbons (Fsp3) is 0.640. The number of pyridine rings is 1. The van der Waals surface area contributed by atoms with Crippen molar-refractivity contribution >= 4 is 24.0 Å². The van der Waals surface area contributed by atoms with Gasteiger partial charge in [0.1, 0.15) is 18.1 Å². The number of amides is 2. The van der Waals surface area contributed by atoms with E-state index in [1.54, 1.807) is 12.4 Å². The zero-order valence-electron chi connectivity index (χ0n) is 21.0. The summed E-state index contributed by atoms with van der Waals surface area (Å²) < 4.78 is 4.85. The van der Waals surface area contributed by atoms with E-state index in [1.165, 1.54) is 7.11 Å². The summed E-state index contributed by atoms with van der Waals surface area (Å²) in [5.41, 5.74) is 0.658. The number of nitrogens with one attached hydrogen (secondary N) is 2. The summed E-state index contributed by atoms with van der Waals surface area (Å²) in [5, 5.41) is 5.64. The fourth-order valence-corrected chi connectivity index (χ4v) is 3.37. The summed E-state index contributed by atoms with van der Waals surface area (Å²) in [7, 11) is 1.30. The molecule has 0 bridgehead atoms. The predicted molar refractivity (Wildman–Crippen MR) is 130 cm³/mol. The first-order chi connectivity index (χ1) is 15.5. The summed E-state index contributed by atoms with van der Waals surface area (Å²) in [5.74, 6) is -0.648. The van der Waals surface area contributed by atoms with E-state index in [2.05, 4.69) is 20.6 Å². The number of ether oxygens (including phenoxy) is 1. The molecule has 0 spiro atoms. The third-order valence-electron chi connectivity index (χ3n) is 4.92. The van der Waals surface area contributed by atoms with Crippen molar-refractivity contribution in [1.29, 1.82) is 0 Å². The first kappa shape index (κ1) is 28.3. The predicted octanol–water partition coefficient (Wildman–Crippen LogP) is 3.15. The second-order valence-electron chi connectivity index (χ2n) is 9.58. The van der Waals surface area contributed by atoms with E-state index in [0.717, 1.165) is 0 Å². The van der Waals surface area contributed by atoms with Gasteiger partial charge in [-0.15, -0.1) is 0 Å². The maximum atomic E-state index is 13.1. The van der Waals surface area contributed by atoms with E-state index in [1.807, 2.05) is 59.7 Å². The Labute approximate surface area is 198 Å². The highest BCUT2D eigenvalue weighted by Crippen LogP contribution is 2.13. The number of carbonyl (C=O) groups excluding carboxylic acids is 3. The van der Waals surface area contributed by atoms with E-state index in [9.17, 15) is 14.4 Å². The van der Waals surface area contributed by atoms with Crippen LogP contribution in [0.3, 0.4) is 0 Å². The molecule has 0 saturated carbocycles. The normalized spacial score (nSPS) is 14.4. The third kappa shape index (κ3) is 11.1. The Morgan fingerprint density at radius 1 is 0.909 bits per heavy atom. The van der Waals surface area contributed by atoms with Crippen LogP contribution in [0.2, 0.25) is 0 Å². The van der Waals surface area contributed by atoms with Gasteiger partial charge in [-0.25, -0.2) is 4.79 Å². The molecule has 0 fully saturated rings. The molecule has 1 aromatic heterocycles. The molecule has 3 unspecified atom stereocenters. The van der Waals surface area contributed by atoms with Gasteiger partial charge in [0.05, 0.1) is 12.8 Å².